The van der Waals surface area contributed by atoms with Crippen molar-refractivity contribution in [2.45, 2.75) is 5.50 Å². The van der Waals surface area contributed by atoms with Crippen LogP contribution >= 0.6 is 11.8 Å². The fraction of sp³-hybridized carbons (Fsp3) is 0.273. The van der Waals surface area contributed by atoms with Crippen LogP contribution < -0.4 is 21.5 Å². The minimum atomic E-state index is -0.839. The van der Waals surface area contributed by atoms with Gasteiger partial charge in [-0.15, -0.1) is 11.8 Å². The van der Waals surface area contributed by atoms with E-state index in [1.807, 2.05) is 0 Å². The zero-order valence-electron chi connectivity index (χ0n) is 10.2. The molecule has 1 aromatic rings. The number of anilines is 1. The van der Waals surface area contributed by atoms with Gasteiger partial charge in [0.1, 0.15) is 17.1 Å². The van der Waals surface area contributed by atoms with Gasteiger partial charge in [0.2, 0.25) is 11.8 Å². The van der Waals surface area contributed by atoms with Crippen molar-refractivity contribution in [3.63, 3.8) is 0 Å². The number of hydrazine groups is 1. The lowest BCUT2D eigenvalue weighted by Crippen LogP contribution is -2.58. The molecule has 1 unspecified atom stereocenters. The first-order chi connectivity index (χ1) is 9.54. The van der Waals surface area contributed by atoms with Crippen molar-refractivity contribution in [3.05, 3.63) is 29.8 Å². The molecule has 1 aromatic carbocycles. The SMILES string of the molecule is O=C(CSC1NNCC(=O)N1)Nc1ccc(F)cc1F. The van der Waals surface area contributed by atoms with E-state index in [4.69, 9.17) is 0 Å². The van der Waals surface area contributed by atoms with E-state index in [-0.39, 0.29) is 23.9 Å². The van der Waals surface area contributed by atoms with Crippen LogP contribution in [-0.4, -0.2) is 29.6 Å². The predicted octanol–water partition coefficient (Wildman–Crippen LogP) is 0.144. The van der Waals surface area contributed by atoms with Crippen molar-refractivity contribution < 1.29 is 18.4 Å². The van der Waals surface area contributed by atoms with E-state index in [1.165, 1.54) is 0 Å². The summed E-state index contributed by atoms with van der Waals surface area (Å²) in [4.78, 5) is 22.7. The Hall–Kier alpha value is -1.71. The summed E-state index contributed by atoms with van der Waals surface area (Å²) < 4.78 is 26.0. The molecule has 1 aliphatic rings. The van der Waals surface area contributed by atoms with Crippen LogP contribution in [0, 0.1) is 11.6 Å². The topological polar surface area (TPSA) is 82.3 Å². The van der Waals surface area contributed by atoms with Crippen molar-refractivity contribution in [3.8, 4) is 0 Å². The molecular weight excluding hydrogens is 290 g/mol. The molecule has 1 heterocycles. The second kappa shape index (κ2) is 6.64. The van der Waals surface area contributed by atoms with Gasteiger partial charge in [-0.3, -0.25) is 9.59 Å². The molecule has 0 aliphatic carbocycles. The Kier molecular flexibility index (Phi) is 4.88. The van der Waals surface area contributed by atoms with E-state index >= 15 is 0 Å². The second-order valence-corrected chi connectivity index (χ2v) is 5.02. The zero-order valence-corrected chi connectivity index (χ0v) is 11.0. The standard InChI is InChI=1S/C11H12F2N4O2S/c12-6-1-2-8(7(13)3-6)15-10(19)5-20-11-16-9(18)4-14-17-11/h1-3,11,14,17H,4-5H2,(H,15,19)(H,16,18). The molecule has 108 valence electrons. The smallest absolute Gasteiger partial charge is 0.237 e. The fourth-order valence-electron chi connectivity index (χ4n) is 1.48. The molecule has 0 spiro atoms. The molecule has 6 nitrogen and oxygen atoms in total. The van der Waals surface area contributed by atoms with Gasteiger partial charge in [-0.2, -0.15) is 0 Å². The predicted molar refractivity (Wildman–Crippen MR) is 70.5 cm³/mol. The van der Waals surface area contributed by atoms with E-state index in [0.717, 1.165) is 23.9 Å². The van der Waals surface area contributed by atoms with Crippen LogP contribution in [-0.2, 0) is 9.59 Å². The van der Waals surface area contributed by atoms with Crippen LogP contribution in [0.25, 0.3) is 0 Å². The number of halogens is 2. The van der Waals surface area contributed by atoms with Crippen LogP contribution in [0.15, 0.2) is 18.2 Å². The van der Waals surface area contributed by atoms with Crippen molar-refractivity contribution in [1.29, 1.82) is 0 Å². The summed E-state index contributed by atoms with van der Waals surface area (Å²) in [7, 11) is 0. The van der Waals surface area contributed by atoms with Gasteiger partial charge >= 0.3 is 0 Å². The summed E-state index contributed by atoms with van der Waals surface area (Å²) in [5.74, 6) is -2.20. The van der Waals surface area contributed by atoms with Gasteiger partial charge < -0.3 is 10.6 Å². The average Bonchev–Trinajstić information content (AvgIpc) is 2.40. The Labute approximate surface area is 117 Å². The first-order valence-corrected chi connectivity index (χ1v) is 6.74. The molecule has 2 rings (SSSR count). The molecule has 4 N–H and O–H groups in total. The Balaban J connectivity index is 1.81. The third-order valence-corrected chi connectivity index (χ3v) is 3.36. The second-order valence-electron chi connectivity index (χ2n) is 3.93. The van der Waals surface area contributed by atoms with E-state index in [9.17, 15) is 18.4 Å². The molecule has 1 saturated heterocycles. The van der Waals surface area contributed by atoms with Gasteiger partial charge in [0.05, 0.1) is 18.0 Å². The van der Waals surface area contributed by atoms with Crippen molar-refractivity contribution in [1.82, 2.24) is 16.2 Å². The first-order valence-electron chi connectivity index (χ1n) is 5.69. The van der Waals surface area contributed by atoms with Gasteiger partial charge in [-0.05, 0) is 12.1 Å². The number of benzene rings is 1. The monoisotopic (exact) mass is 302 g/mol. The molecule has 0 radical (unpaired) electrons. The quantitative estimate of drug-likeness (QED) is 0.636. The van der Waals surface area contributed by atoms with Crippen LogP contribution in [0.3, 0.4) is 0 Å². The molecule has 2 amide bonds. The summed E-state index contributed by atoms with van der Waals surface area (Å²) >= 11 is 1.12. The Morgan fingerprint density at radius 1 is 1.45 bits per heavy atom. The molecular formula is C11H12F2N4O2S. The van der Waals surface area contributed by atoms with Crippen LogP contribution in [0.2, 0.25) is 0 Å². The number of thioether (sulfide) groups is 1. The van der Waals surface area contributed by atoms with E-state index in [0.29, 0.717) is 6.07 Å². The highest BCUT2D eigenvalue weighted by Crippen LogP contribution is 2.15. The molecule has 1 fully saturated rings. The number of rotatable bonds is 4. The van der Waals surface area contributed by atoms with Crippen molar-refractivity contribution in [2.75, 3.05) is 17.6 Å². The molecule has 0 aromatic heterocycles. The van der Waals surface area contributed by atoms with Crippen LogP contribution in [0.4, 0.5) is 14.5 Å². The highest BCUT2D eigenvalue weighted by atomic mass is 32.2. The summed E-state index contributed by atoms with van der Waals surface area (Å²) in [5.41, 5.74) is 4.89. The highest BCUT2D eigenvalue weighted by molar-refractivity contribution is 8.00. The molecule has 1 atom stereocenters. The molecule has 0 saturated carbocycles. The minimum Gasteiger partial charge on any atom is -0.330 e. The number of hydrogen-bond donors (Lipinski definition) is 4. The molecule has 0 bridgehead atoms. The number of carbonyl (C=O) groups is 2. The average molecular weight is 302 g/mol. The Bertz CT molecular complexity index is 529. The number of nitrogens with one attached hydrogen (secondary N) is 4. The maximum Gasteiger partial charge on any atom is 0.237 e. The van der Waals surface area contributed by atoms with Crippen LogP contribution in [0.1, 0.15) is 0 Å². The van der Waals surface area contributed by atoms with Gasteiger partial charge in [0.15, 0.2) is 0 Å². The van der Waals surface area contributed by atoms with E-state index < -0.39 is 23.0 Å². The van der Waals surface area contributed by atoms with E-state index in [2.05, 4.69) is 21.5 Å². The third-order valence-electron chi connectivity index (χ3n) is 2.36. The Morgan fingerprint density at radius 2 is 2.25 bits per heavy atom. The summed E-state index contributed by atoms with van der Waals surface area (Å²) in [5, 5.41) is 4.93. The summed E-state index contributed by atoms with van der Waals surface area (Å²) in [6.07, 6.45) is 0. The molecule has 9 heteroatoms. The van der Waals surface area contributed by atoms with Gasteiger partial charge in [0.25, 0.3) is 0 Å². The summed E-state index contributed by atoms with van der Waals surface area (Å²) in [6, 6.07) is 2.89. The van der Waals surface area contributed by atoms with Crippen LogP contribution in [0.5, 0.6) is 0 Å². The molecule has 20 heavy (non-hydrogen) atoms. The number of amides is 2. The van der Waals surface area contributed by atoms with Gasteiger partial charge in [-0.25, -0.2) is 19.6 Å². The van der Waals surface area contributed by atoms with Crippen molar-refractivity contribution >= 4 is 29.3 Å². The highest BCUT2D eigenvalue weighted by Gasteiger charge is 2.18. The van der Waals surface area contributed by atoms with Gasteiger partial charge in [0, 0.05) is 6.07 Å². The normalized spacial score (nSPS) is 18.5. The first kappa shape index (κ1) is 14.7. The molecule has 1 aliphatic heterocycles. The largest absolute Gasteiger partial charge is 0.330 e. The number of carbonyl (C=O) groups excluding carboxylic acids is 2. The lowest BCUT2D eigenvalue weighted by molar-refractivity contribution is -0.122. The lowest BCUT2D eigenvalue weighted by atomic mass is 10.3. The maximum absolute atomic E-state index is 13.3. The summed E-state index contributed by atoms with van der Waals surface area (Å²) in [6.45, 7) is 0.157. The third kappa shape index (κ3) is 4.15. The van der Waals surface area contributed by atoms with Crippen molar-refractivity contribution in [2.24, 2.45) is 0 Å². The van der Waals surface area contributed by atoms with Gasteiger partial charge in [-0.1, -0.05) is 0 Å². The maximum atomic E-state index is 13.3. The minimum absolute atomic E-state index is 0.00353. The fourth-order valence-corrected chi connectivity index (χ4v) is 2.25. The Morgan fingerprint density at radius 3 is 2.95 bits per heavy atom. The lowest BCUT2D eigenvalue weighted by Gasteiger charge is -2.24. The van der Waals surface area contributed by atoms with E-state index in [1.54, 1.807) is 0 Å². The zero-order chi connectivity index (χ0) is 14.5. The number of hydrogen-bond acceptors (Lipinski definition) is 5.